The average molecular weight is 563 g/mol. The molecule has 3 aromatic carbocycles. The van der Waals surface area contributed by atoms with Gasteiger partial charge >= 0.3 is 0 Å². The zero-order valence-corrected chi connectivity index (χ0v) is 23.5. The number of benzene rings is 3. The van der Waals surface area contributed by atoms with E-state index in [2.05, 4.69) is 37.3 Å². The van der Waals surface area contributed by atoms with E-state index in [4.69, 9.17) is 5.73 Å². The van der Waals surface area contributed by atoms with Gasteiger partial charge in [-0.25, -0.2) is 0 Å². The van der Waals surface area contributed by atoms with Crippen LogP contribution in [0.5, 0.6) is 0 Å². The van der Waals surface area contributed by atoms with Crippen molar-refractivity contribution in [2.75, 3.05) is 11.9 Å². The molecule has 0 radical (unpaired) electrons. The highest BCUT2D eigenvalue weighted by Gasteiger charge is 2.29. The summed E-state index contributed by atoms with van der Waals surface area (Å²) in [6.45, 7) is 2.65. The number of tetrazole rings is 1. The summed E-state index contributed by atoms with van der Waals surface area (Å²) < 4.78 is 0. The first-order valence-electron chi connectivity index (χ1n) is 14.2. The highest BCUT2D eigenvalue weighted by atomic mass is 16.2. The first kappa shape index (κ1) is 28.6. The first-order valence-corrected chi connectivity index (χ1v) is 14.2. The van der Waals surface area contributed by atoms with Crippen LogP contribution in [-0.4, -0.2) is 45.0 Å². The van der Waals surface area contributed by atoms with Gasteiger partial charge in [0.15, 0.2) is 0 Å². The molecule has 42 heavy (non-hydrogen) atoms. The number of rotatable bonds is 9. The highest BCUT2D eigenvalue weighted by molar-refractivity contribution is 5.97. The number of aromatic nitrogens is 4. The van der Waals surface area contributed by atoms with Gasteiger partial charge in [-0.2, -0.15) is 10.5 Å². The molecule has 1 aliphatic carbocycles. The van der Waals surface area contributed by atoms with Crippen LogP contribution < -0.4 is 16.4 Å². The third-order valence-corrected chi connectivity index (χ3v) is 8.01. The second-order valence-corrected chi connectivity index (χ2v) is 10.9. The number of carbonyl (C=O) groups is 2. The molecule has 10 nitrogen and oxygen atoms in total. The molecular formula is C32H34N8O2. The molecule has 4 aromatic rings. The molecule has 2 amide bonds. The average Bonchev–Trinajstić information content (AvgIpc) is 3.57. The van der Waals surface area contributed by atoms with E-state index >= 15 is 0 Å². The Kier molecular flexibility index (Phi) is 8.99. The van der Waals surface area contributed by atoms with E-state index < -0.39 is 6.04 Å². The maximum atomic E-state index is 13.5. The summed E-state index contributed by atoms with van der Waals surface area (Å²) in [5, 5.41) is 29.3. The Bertz CT molecular complexity index is 1550. The van der Waals surface area contributed by atoms with Gasteiger partial charge in [-0.1, -0.05) is 30.3 Å². The Balaban J connectivity index is 1.32. The summed E-state index contributed by atoms with van der Waals surface area (Å²) in [6.07, 6.45) is 3.72. The van der Waals surface area contributed by atoms with E-state index in [0.29, 0.717) is 36.0 Å². The zero-order chi connectivity index (χ0) is 29.5. The summed E-state index contributed by atoms with van der Waals surface area (Å²) in [4.78, 5) is 26.8. The van der Waals surface area contributed by atoms with Crippen LogP contribution in [0.3, 0.4) is 0 Å². The van der Waals surface area contributed by atoms with Crippen LogP contribution in [0.2, 0.25) is 0 Å². The Morgan fingerprint density at radius 1 is 1.02 bits per heavy atom. The van der Waals surface area contributed by atoms with E-state index in [1.54, 1.807) is 30.3 Å². The van der Waals surface area contributed by atoms with Gasteiger partial charge in [0.2, 0.25) is 17.6 Å². The van der Waals surface area contributed by atoms with Crippen molar-refractivity contribution < 1.29 is 9.59 Å². The fraction of sp³-hybridized carbons (Fsp3) is 0.312. The number of hydrogen-bond donors (Lipinski definition) is 4. The van der Waals surface area contributed by atoms with E-state index in [1.807, 2.05) is 43.3 Å². The van der Waals surface area contributed by atoms with Gasteiger partial charge in [-0.05, 0) is 109 Å². The lowest BCUT2D eigenvalue weighted by atomic mass is 9.81. The predicted octanol–water partition coefficient (Wildman–Crippen LogP) is 4.14. The van der Waals surface area contributed by atoms with Crippen molar-refractivity contribution >= 4 is 17.5 Å². The number of aromatic amines is 1. The SMILES string of the molecule is Cc1ccc(C#N)cc1-c1ccc(C[C@H](NC(=O)[C@H]2CC[C@H](CN)CC2)C(=O)Nc2ccc(-c3nn[nH]n3)cc2)cc1. The van der Waals surface area contributed by atoms with E-state index in [0.717, 1.165) is 53.5 Å². The van der Waals surface area contributed by atoms with E-state index in [9.17, 15) is 14.9 Å². The number of nitrogens with two attached hydrogens (primary N) is 1. The highest BCUT2D eigenvalue weighted by Crippen LogP contribution is 2.29. The predicted molar refractivity (Wildman–Crippen MR) is 160 cm³/mol. The lowest BCUT2D eigenvalue weighted by Crippen LogP contribution is -2.48. The second-order valence-electron chi connectivity index (χ2n) is 10.9. The maximum Gasteiger partial charge on any atom is 0.247 e. The van der Waals surface area contributed by atoms with Crippen molar-refractivity contribution in [2.45, 2.75) is 45.1 Å². The number of nitrogens with one attached hydrogen (secondary N) is 3. The quantitative estimate of drug-likeness (QED) is 0.238. The molecular weight excluding hydrogens is 528 g/mol. The summed E-state index contributed by atoms with van der Waals surface area (Å²) in [5.41, 5.74) is 11.7. The summed E-state index contributed by atoms with van der Waals surface area (Å²) >= 11 is 0. The zero-order valence-electron chi connectivity index (χ0n) is 23.5. The van der Waals surface area contributed by atoms with Crippen molar-refractivity contribution in [2.24, 2.45) is 17.6 Å². The summed E-state index contributed by atoms with van der Waals surface area (Å²) in [6, 6.07) is 22.1. The molecule has 1 saturated carbocycles. The van der Waals surface area contributed by atoms with Gasteiger partial charge in [-0.3, -0.25) is 9.59 Å². The van der Waals surface area contributed by atoms with Crippen molar-refractivity contribution in [3.05, 3.63) is 83.4 Å². The van der Waals surface area contributed by atoms with E-state index in [-0.39, 0.29) is 17.7 Å². The molecule has 214 valence electrons. The molecule has 5 N–H and O–H groups in total. The number of hydrogen-bond acceptors (Lipinski definition) is 7. The summed E-state index contributed by atoms with van der Waals surface area (Å²) in [5.74, 6) is 0.390. The number of nitriles is 1. The molecule has 0 spiro atoms. The number of nitrogens with zero attached hydrogens (tertiary/aromatic N) is 4. The minimum Gasteiger partial charge on any atom is -0.344 e. The molecule has 5 rings (SSSR count). The van der Waals surface area contributed by atoms with Crippen molar-refractivity contribution in [3.8, 4) is 28.6 Å². The van der Waals surface area contributed by atoms with Crippen molar-refractivity contribution in [3.63, 3.8) is 0 Å². The Morgan fingerprint density at radius 3 is 2.38 bits per heavy atom. The number of anilines is 1. The largest absolute Gasteiger partial charge is 0.344 e. The van der Waals surface area contributed by atoms with Gasteiger partial charge in [0.05, 0.1) is 11.6 Å². The molecule has 0 unspecified atom stereocenters. The molecule has 1 heterocycles. The second kappa shape index (κ2) is 13.2. The van der Waals surface area contributed by atoms with Gasteiger partial charge < -0.3 is 16.4 Å². The topological polar surface area (TPSA) is 162 Å². The molecule has 0 aliphatic heterocycles. The maximum absolute atomic E-state index is 13.5. The number of carbonyl (C=O) groups excluding carboxylic acids is 2. The minimum absolute atomic E-state index is 0.0985. The standard InChI is InChI=1S/C32H34N8O2/c1-20-2-3-23(19-34)16-28(20)24-8-4-21(5-9-24)17-29(36-31(41)26-10-6-22(18-33)7-11-26)32(42)35-27-14-12-25(13-15-27)30-37-39-40-38-30/h2-5,8-9,12-16,22,26,29H,6-7,10-11,17-18,33H2,1H3,(H,35,42)(H,36,41)(H,37,38,39,40)/t22-,26-,29-/m0/s1. The molecule has 1 aromatic heterocycles. The Morgan fingerprint density at radius 2 is 1.74 bits per heavy atom. The van der Waals surface area contributed by atoms with Crippen LogP contribution in [0.25, 0.3) is 22.5 Å². The minimum atomic E-state index is -0.767. The molecule has 1 aliphatic rings. The van der Waals surface area contributed by atoms with Crippen LogP contribution in [0, 0.1) is 30.1 Å². The lowest BCUT2D eigenvalue weighted by Gasteiger charge is -2.28. The molecule has 0 bridgehead atoms. The molecule has 10 heteroatoms. The normalized spacial score (nSPS) is 17.2. The third kappa shape index (κ3) is 6.87. The van der Waals surface area contributed by atoms with Crippen LogP contribution >= 0.6 is 0 Å². The molecule has 0 saturated heterocycles. The van der Waals surface area contributed by atoms with Crippen LogP contribution in [0.4, 0.5) is 5.69 Å². The van der Waals surface area contributed by atoms with Gasteiger partial charge in [0.25, 0.3) is 0 Å². The molecule has 1 fully saturated rings. The molecule has 1 atom stereocenters. The first-order chi connectivity index (χ1) is 20.4. The number of aryl methyl sites for hydroxylation is 1. The number of amides is 2. The van der Waals surface area contributed by atoms with Gasteiger partial charge in [-0.15, -0.1) is 10.2 Å². The Hall–Kier alpha value is -4.88. The van der Waals surface area contributed by atoms with Gasteiger partial charge in [0, 0.05) is 23.6 Å². The number of H-pyrrole nitrogens is 1. The van der Waals surface area contributed by atoms with Gasteiger partial charge in [0.1, 0.15) is 6.04 Å². The van der Waals surface area contributed by atoms with Crippen molar-refractivity contribution in [1.82, 2.24) is 25.9 Å². The Labute approximate surface area is 244 Å². The summed E-state index contributed by atoms with van der Waals surface area (Å²) in [7, 11) is 0. The van der Waals surface area contributed by atoms with Crippen LogP contribution in [-0.2, 0) is 16.0 Å². The fourth-order valence-electron chi connectivity index (χ4n) is 5.43. The monoisotopic (exact) mass is 562 g/mol. The third-order valence-electron chi connectivity index (χ3n) is 8.01. The lowest BCUT2D eigenvalue weighted by molar-refractivity contribution is -0.130. The van der Waals surface area contributed by atoms with E-state index in [1.165, 1.54) is 0 Å². The van der Waals surface area contributed by atoms with Crippen LogP contribution in [0.15, 0.2) is 66.7 Å². The smallest absolute Gasteiger partial charge is 0.247 e. The van der Waals surface area contributed by atoms with Crippen molar-refractivity contribution in [1.29, 1.82) is 5.26 Å². The van der Waals surface area contributed by atoms with Crippen LogP contribution in [0.1, 0.15) is 42.4 Å². The fourth-order valence-corrected chi connectivity index (χ4v) is 5.43.